The average molecular weight is 473 g/mol. The largest absolute Gasteiger partial charge is 0.356 e. The molecular formula is C24H32N4O4S. The molecule has 178 valence electrons. The first-order valence-corrected chi connectivity index (χ1v) is 13.1. The smallest absolute Gasteiger partial charge is 0.270 e. The minimum atomic E-state index is -3.81. The fourth-order valence-electron chi connectivity index (χ4n) is 4.56. The van der Waals surface area contributed by atoms with Gasteiger partial charge in [0.15, 0.2) is 0 Å². The Labute approximate surface area is 195 Å². The summed E-state index contributed by atoms with van der Waals surface area (Å²) in [5.41, 5.74) is 3.13. The molecule has 0 saturated carbocycles. The molecule has 1 atom stereocenters. The SMILES string of the molecule is Cc1cccc(NC(=O)[C@@H]2CCCN(S(=O)(=O)c3c[nH]c(C(=O)N4CCCCC4)c3)C2)c1C. The highest BCUT2D eigenvalue weighted by molar-refractivity contribution is 7.89. The van der Waals surface area contributed by atoms with Gasteiger partial charge in [-0.3, -0.25) is 9.59 Å². The Morgan fingerprint density at radius 3 is 2.58 bits per heavy atom. The van der Waals surface area contributed by atoms with Crippen molar-refractivity contribution in [2.75, 3.05) is 31.5 Å². The second kappa shape index (κ2) is 9.69. The zero-order valence-electron chi connectivity index (χ0n) is 19.3. The van der Waals surface area contributed by atoms with E-state index in [4.69, 9.17) is 0 Å². The number of hydrogen-bond donors (Lipinski definition) is 2. The van der Waals surface area contributed by atoms with E-state index in [2.05, 4.69) is 10.3 Å². The van der Waals surface area contributed by atoms with Crippen molar-refractivity contribution in [3.63, 3.8) is 0 Å². The number of hydrogen-bond acceptors (Lipinski definition) is 4. The summed E-state index contributed by atoms with van der Waals surface area (Å²) in [5, 5.41) is 2.97. The molecule has 3 heterocycles. The van der Waals surface area contributed by atoms with E-state index in [1.807, 2.05) is 32.0 Å². The minimum Gasteiger partial charge on any atom is -0.356 e. The number of sulfonamides is 1. The number of carbonyl (C=O) groups excluding carboxylic acids is 2. The molecule has 2 fully saturated rings. The van der Waals surface area contributed by atoms with Crippen molar-refractivity contribution in [1.29, 1.82) is 0 Å². The van der Waals surface area contributed by atoms with E-state index in [0.29, 0.717) is 32.5 Å². The van der Waals surface area contributed by atoms with Gasteiger partial charge in [0, 0.05) is 38.1 Å². The number of amides is 2. The molecule has 2 aliphatic rings. The van der Waals surface area contributed by atoms with Gasteiger partial charge in [-0.05, 0) is 69.2 Å². The summed E-state index contributed by atoms with van der Waals surface area (Å²) in [7, 11) is -3.81. The number of anilines is 1. The fraction of sp³-hybridized carbons (Fsp3) is 0.500. The van der Waals surface area contributed by atoms with E-state index in [9.17, 15) is 18.0 Å². The summed E-state index contributed by atoms with van der Waals surface area (Å²) < 4.78 is 27.9. The van der Waals surface area contributed by atoms with Gasteiger partial charge in [-0.1, -0.05) is 12.1 Å². The molecule has 2 aromatic rings. The zero-order valence-corrected chi connectivity index (χ0v) is 20.1. The number of aromatic nitrogens is 1. The molecule has 0 aliphatic carbocycles. The Balaban J connectivity index is 1.45. The third kappa shape index (κ3) is 4.99. The van der Waals surface area contributed by atoms with Gasteiger partial charge in [0.25, 0.3) is 5.91 Å². The molecule has 1 aromatic carbocycles. The van der Waals surface area contributed by atoms with E-state index >= 15 is 0 Å². The van der Waals surface area contributed by atoms with Crippen molar-refractivity contribution in [2.45, 2.75) is 50.8 Å². The predicted molar refractivity (Wildman–Crippen MR) is 127 cm³/mol. The zero-order chi connectivity index (χ0) is 23.6. The lowest BCUT2D eigenvalue weighted by molar-refractivity contribution is -0.120. The number of carbonyl (C=O) groups is 2. The molecule has 2 aliphatic heterocycles. The molecule has 4 rings (SSSR count). The molecule has 2 amide bonds. The first kappa shape index (κ1) is 23.5. The highest BCUT2D eigenvalue weighted by atomic mass is 32.2. The summed E-state index contributed by atoms with van der Waals surface area (Å²) in [5.74, 6) is -0.763. The summed E-state index contributed by atoms with van der Waals surface area (Å²) in [6.07, 6.45) is 5.67. The summed E-state index contributed by atoms with van der Waals surface area (Å²) in [6.45, 7) is 5.82. The Kier molecular flexibility index (Phi) is 6.90. The second-order valence-corrected chi connectivity index (χ2v) is 11.0. The number of rotatable bonds is 5. The normalized spacial score (nSPS) is 19.9. The molecule has 8 nitrogen and oxygen atoms in total. The molecule has 0 bridgehead atoms. The molecule has 2 N–H and O–H groups in total. The number of nitrogens with one attached hydrogen (secondary N) is 2. The van der Waals surface area contributed by atoms with Crippen LogP contribution >= 0.6 is 0 Å². The molecular weight excluding hydrogens is 440 g/mol. The highest BCUT2D eigenvalue weighted by Crippen LogP contribution is 2.27. The number of likely N-dealkylation sites (tertiary alicyclic amines) is 1. The van der Waals surface area contributed by atoms with Crippen LogP contribution in [0.25, 0.3) is 0 Å². The first-order chi connectivity index (χ1) is 15.8. The Hall–Kier alpha value is -2.65. The van der Waals surface area contributed by atoms with Crippen molar-refractivity contribution in [3.05, 3.63) is 47.3 Å². The van der Waals surface area contributed by atoms with Gasteiger partial charge < -0.3 is 15.2 Å². The Morgan fingerprint density at radius 2 is 1.82 bits per heavy atom. The third-order valence-corrected chi connectivity index (χ3v) is 8.63. The Bertz CT molecular complexity index is 1140. The van der Waals surface area contributed by atoms with E-state index < -0.39 is 15.9 Å². The van der Waals surface area contributed by atoms with Crippen LogP contribution in [0.5, 0.6) is 0 Å². The van der Waals surface area contributed by atoms with Gasteiger partial charge >= 0.3 is 0 Å². The molecule has 33 heavy (non-hydrogen) atoms. The molecule has 0 unspecified atom stereocenters. The maximum Gasteiger partial charge on any atom is 0.270 e. The van der Waals surface area contributed by atoms with E-state index in [1.54, 1.807) is 4.90 Å². The van der Waals surface area contributed by atoms with Crippen molar-refractivity contribution >= 4 is 27.5 Å². The fourth-order valence-corrected chi connectivity index (χ4v) is 6.08. The molecule has 0 radical (unpaired) electrons. The highest BCUT2D eigenvalue weighted by Gasteiger charge is 2.34. The lowest BCUT2D eigenvalue weighted by Gasteiger charge is -2.31. The van der Waals surface area contributed by atoms with Crippen molar-refractivity contribution in [2.24, 2.45) is 5.92 Å². The Morgan fingerprint density at radius 1 is 1.06 bits per heavy atom. The number of benzene rings is 1. The quantitative estimate of drug-likeness (QED) is 0.697. The summed E-state index contributed by atoms with van der Waals surface area (Å²) >= 11 is 0. The number of aryl methyl sites for hydroxylation is 1. The van der Waals surface area contributed by atoms with Crippen molar-refractivity contribution in [3.8, 4) is 0 Å². The number of nitrogens with zero attached hydrogens (tertiary/aromatic N) is 2. The number of H-pyrrole nitrogens is 1. The van der Waals surface area contributed by atoms with E-state index in [0.717, 1.165) is 36.1 Å². The first-order valence-electron chi connectivity index (χ1n) is 11.6. The van der Waals surface area contributed by atoms with Crippen LogP contribution in [0, 0.1) is 19.8 Å². The predicted octanol–water partition coefficient (Wildman–Crippen LogP) is 3.30. The van der Waals surface area contributed by atoms with Crippen LogP contribution in [0.3, 0.4) is 0 Å². The average Bonchev–Trinajstić information content (AvgIpc) is 3.33. The van der Waals surface area contributed by atoms with Crippen LogP contribution in [0.4, 0.5) is 5.69 Å². The molecule has 1 aromatic heterocycles. The van der Waals surface area contributed by atoms with Gasteiger partial charge in [0.1, 0.15) is 10.6 Å². The van der Waals surface area contributed by atoms with Gasteiger partial charge in [0.05, 0.1) is 5.92 Å². The maximum absolute atomic E-state index is 13.3. The van der Waals surface area contributed by atoms with E-state index in [1.165, 1.54) is 16.6 Å². The second-order valence-electron chi connectivity index (χ2n) is 9.04. The lowest BCUT2D eigenvalue weighted by atomic mass is 9.98. The van der Waals surface area contributed by atoms with Crippen LogP contribution in [0.15, 0.2) is 35.4 Å². The lowest BCUT2D eigenvalue weighted by Crippen LogP contribution is -2.43. The van der Waals surface area contributed by atoms with Crippen LogP contribution in [-0.4, -0.2) is 60.6 Å². The topological polar surface area (TPSA) is 103 Å². The molecule has 9 heteroatoms. The molecule has 2 saturated heterocycles. The maximum atomic E-state index is 13.3. The summed E-state index contributed by atoms with van der Waals surface area (Å²) in [4.78, 5) is 30.3. The minimum absolute atomic E-state index is 0.0680. The van der Waals surface area contributed by atoms with Gasteiger partial charge in [0.2, 0.25) is 15.9 Å². The van der Waals surface area contributed by atoms with Crippen LogP contribution in [0.2, 0.25) is 0 Å². The van der Waals surface area contributed by atoms with Crippen molar-refractivity contribution < 1.29 is 18.0 Å². The molecule has 0 spiro atoms. The summed E-state index contributed by atoms with van der Waals surface area (Å²) in [6, 6.07) is 7.16. The van der Waals surface area contributed by atoms with Gasteiger partial charge in [-0.25, -0.2) is 8.42 Å². The van der Waals surface area contributed by atoms with E-state index in [-0.39, 0.29) is 28.9 Å². The van der Waals surface area contributed by atoms with Crippen LogP contribution in [-0.2, 0) is 14.8 Å². The van der Waals surface area contributed by atoms with Crippen molar-refractivity contribution in [1.82, 2.24) is 14.2 Å². The van der Waals surface area contributed by atoms with Crippen LogP contribution in [0.1, 0.15) is 53.7 Å². The van der Waals surface area contributed by atoms with Gasteiger partial charge in [-0.2, -0.15) is 4.31 Å². The van der Waals surface area contributed by atoms with Gasteiger partial charge in [-0.15, -0.1) is 0 Å². The standard InChI is InChI=1S/C24H32N4O4S/c1-17-8-6-10-21(18(17)2)26-23(29)19-9-7-13-28(16-19)33(31,32)20-14-22(25-15-20)24(30)27-11-4-3-5-12-27/h6,8,10,14-15,19,25H,3-5,7,9,11-13,16H2,1-2H3,(H,26,29)/t19-/m1/s1. The monoisotopic (exact) mass is 472 g/mol. The number of piperidine rings is 2. The third-order valence-electron chi connectivity index (χ3n) is 6.79. The number of aromatic amines is 1. The van der Waals surface area contributed by atoms with Crippen LogP contribution < -0.4 is 5.32 Å².